The Hall–Kier alpha value is -0.250. The zero-order valence-corrected chi connectivity index (χ0v) is 9.68. The molecule has 7 nitrogen and oxygen atoms in total. The van der Waals surface area contributed by atoms with E-state index in [1.165, 1.54) is 0 Å². The molecule has 15 heavy (non-hydrogen) atoms. The van der Waals surface area contributed by atoms with E-state index in [1.807, 2.05) is 0 Å². The van der Waals surface area contributed by atoms with Crippen molar-refractivity contribution in [1.82, 2.24) is 4.31 Å². The molecule has 0 aliphatic rings. The van der Waals surface area contributed by atoms with Gasteiger partial charge in [-0.25, -0.2) is 0 Å². The fourth-order valence-electron chi connectivity index (χ4n) is 0.566. The van der Waals surface area contributed by atoms with Crippen LogP contribution in [0.25, 0.3) is 0 Å². The summed E-state index contributed by atoms with van der Waals surface area (Å²) in [6.45, 7) is 2.25. The zero-order valence-electron chi connectivity index (χ0n) is 8.87. The monoisotopic (exact) mass is 245 g/mol. The van der Waals surface area contributed by atoms with Gasteiger partial charge in [-0.3, -0.25) is 4.55 Å². The van der Waals surface area contributed by atoms with Gasteiger partial charge in [-0.2, -0.15) is 12.7 Å². The van der Waals surface area contributed by atoms with Gasteiger partial charge in [0, 0.05) is 19.2 Å². The molecule has 94 valence electrons. The molecule has 0 rings (SSSR count). The van der Waals surface area contributed by atoms with E-state index >= 15 is 0 Å². The van der Waals surface area contributed by atoms with Gasteiger partial charge in [0.15, 0.2) is 0 Å². The maximum absolute atomic E-state index is 10.4. The third-order valence-electron chi connectivity index (χ3n) is 1.03. The molecule has 0 radical (unpaired) electrons. The summed E-state index contributed by atoms with van der Waals surface area (Å²) in [6, 6.07) is 0. The highest BCUT2D eigenvalue weighted by atomic mass is 32.2. The van der Waals surface area contributed by atoms with E-state index in [0.29, 0.717) is 4.31 Å². The van der Waals surface area contributed by atoms with Crippen molar-refractivity contribution in [2.45, 2.75) is 20.0 Å². The number of rotatable bonds is 5. The first-order chi connectivity index (χ1) is 6.75. The van der Waals surface area contributed by atoms with Crippen molar-refractivity contribution in [3.05, 3.63) is 0 Å². The molecule has 0 unspecified atom stereocenters. The van der Waals surface area contributed by atoms with Crippen molar-refractivity contribution in [3.8, 4) is 0 Å². The number of aliphatic hydroxyl groups is 3. The second kappa shape index (κ2) is 9.01. The van der Waals surface area contributed by atoms with Crippen LogP contribution in [0.3, 0.4) is 0 Å². The van der Waals surface area contributed by atoms with Crippen molar-refractivity contribution in [2.75, 3.05) is 26.3 Å². The van der Waals surface area contributed by atoms with Crippen molar-refractivity contribution >= 4 is 10.3 Å². The van der Waals surface area contributed by atoms with Crippen LogP contribution < -0.4 is 0 Å². The minimum atomic E-state index is -4.28. The van der Waals surface area contributed by atoms with E-state index in [1.54, 1.807) is 13.8 Å². The van der Waals surface area contributed by atoms with Crippen LogP contribution in [0.15, 0.2) is 0 Å². The lowest BCUT2D eigenvalue weighted by atomic mass is 10.5. The first-order valence-corrected chi connectivity index (χ1v) is 5.77. The Bertz CT molecular complexity index is 219. The summed E-state index contributed by atoms with van der Waals surface area (Å²) in [7, 11) is -4.28. The minimum absolute atomic E-state index is 0.167. The predicted molar refractivity (Wildman–Crippen MR) is 54.6 cm³/mol. The van der Waals surface area contributed by atoms with Crippen molar-refractivity contribution in [3.63, 3.8) is 0 Å². The number of nitrogens with zero attached hydrogens (tertiary/aromatic N) is 1. The highest BCUT2D eigenvalue weighted by Crippen LogP contribution is 1.94. The van der Waals surface area contributed by atoms with Crippen LogP contribution in [-0.2, 0) is 10.3 Å². The summed E-state index contributed by atoms with van der Waals surface area (Å²) in [5, 5.41) is 24.7. The van der Waals surface area contributed by atoms with Crippen LogP contribution >= 0.6 is 0 Å². The van der Waals surface area contributed by atoms with E-state index in [0.717, 1.165) is 0 Å². The van der Waals surface area contributed by atoms with Crippen molar-refractivity contribution in [1.29, 1.82) is 0 Å². The standard InChI is InChI=1S/C4H11NO5S.C3H8O/c6-3-1-5(2-4-7)11(8,9)10;1-3(2)4/h6-7H,1-4H2,(H,8,9,10);3-4H,1-2H3. The molecule has 8 heteroatoms. The van der Waals surface area contributed by atoms with Gasteiger partial charge in [-0.1, -0.05) is 0 Å². The predicted octanol–water partition coefficient (Wildman–Crippen LogP) is -1.54. The molecule has 0 heterocycles. The Morgan fingerprint density at radius 3 is 1.53 bits per heavy atom. The number of hydrogen-bond acceptors (Lipinski definition) is 5. The molecule has 0 amide bonds. The Morgan fingerprint density at radius 1 is 1.13 bits per heavy atom. The molecule has 0 spiro atoms. The van der Waals surface area contributed by atoms with Gasteiger partial charge in [0.2, 0.25) is 0 Å². The molecule has 0 aromatic heterocycles. The summed E-state index contributed by atoms with van der Waals surface area (Å²) in [5.74, 6) is 0. The van der Waals surface area contributed by atoms with Crippen LogP contribution in [0.1, 0.15) is 13.8 Å². The third-order valence-corrected chi connectivity index (χ3v) is 2.04. The van der Waals surface area contributed by atoms with E-state index in [9.17, 15) is 8.42 Å². The quantitative estimate of drug-likeness (QED) is 0.436. The summed E-state index contributed by atoms with van der Waals surface area (Å²) in [4.78, 5) is 0. The first kappa shape index (κ1) is 17.2. The van der Waals surface area contributed by atoms with E-state index in [4.69, 9.17) is 19.9 Å². The van der Waals surface area contributed by atoms with Crippen molar-refractivity contribution < 1.29 is 28.3 Å². The van der Waals surface area contributed by atoms with Gasteiger partial charge >= 0.3 is 10.3 Å². The summed E-state index contributed by atoms with van der Waals surface area (Å²) < 4.78 is 29.7. The molecule has 0 aromatic carbocycles. The Balaban J connectivity index is 0. The second-order valence-corrected chi connectivity index (χ2v) is 4.33. The second-order valence-electron chi connectivity index (χ2n) is 2.92. The largest absolute Gasteiger partial charge is 0.395 e. The smallest absolute Gasteiger partial charge is 0.336 e. The molecule has 0 saturated carbocycles. The first-order valence-electron chi connectivity index (χ1n) is 4.38. The highest BCUT2D eigenvalue weighted by molar-refractivity contribution is 7.83. The fourth-order valence-corrected chi connectivity index (χ4v) is 1.19. The van der Waals surface area contributed by atoms with Crippen LogP contribution in [0, 0.1) is 0 Å². The van der Waals surface area contributed by atoms with E-state index < -0.39 is 10.3 Å². The molecule has 4 N–H and O–H groups in total. The topological polar surface area (TPSA) is 118 Å². The molecule has 0 bridgehead atoms. The minimum Gasteiger partial charge on any atom is -0.395 e. The zero-order chi connectivity index (χ0) is 12.5. The maximum atomic E-state index is 10.4. The average molecular weight is 245 g/mol. The lowest BCUT2D eigenvalue weighted by Gasteiger charge is -2.14. The summed E-state index contributed by atoms with van der Waals surface area (Å²) in [5.41, 5.74) is 0. The number of hydrogen-bond donors (Lipinski definition) is 4. The highest BCUT2D eigenvalue weighted by Gasteiger charge is 2.16. The molecule has 0 saturated heterocycles. The van der Waals surface area contributed by atoms with Gasteiger partial charge in [0.25, 0.3) is 0 Å². The van der Waals surface area contributed by atoms with Gasteiger partial charge in [-0.05, 0) is 13.8 Å². The van der Waals surface area contributed by atoms with Gasteiger partial charge < -0.3 is 15.3 Å². The molecule has 0 atom stereocenters. The van der Waals surface area contributed by atoms with E-state index in [2.05, 4.69) is 0 Å². The molecule has 0 fully saturated rings. The Morgan fingerprint density at radius 2 is 1.40 bits per heavy atom. The number of aliphatic hydroxyl groups excluding tert-OH is 3. The molecular weight excluding hydrogens is 226 g/mol. The van der Waals surface area contributed by atoms with Gasteiger partial charge in [0.05, 0.1) is 13.2 Å². The summed E-state index contributed by atoms with van der Waals surface area (Å²) >= 11 is 0. The van der Waals surface area contributed by atoms with Gasteiger partial charge in [-0.15, -0.1) is 0 Å². The van der Waals surface area contributed by atoms with Crippen molar-refractivity contribution in [2.24, 2.45) is 0 Å². The van der Waals surface area contributed by atoms with Gasteiger partial charge in [0.1, 0.15) is 0 Å². The fraction of sp³-hybridized carbons (Fsp3) is 1.00. The lowest BCUT2D eigenvalue weighted by Crippen LogP contribution is -2.35. The Kier molecular flexibility index (Phi) is 10.3. The molecular formula is C7H19NO6S. The van der Waals surface area contributed by atoms with Crippen LogP contribution in [0.4, 0.5) is 0 Å². The average Bonchev–Trinajstić information content (AvgIpc) is 2.01. The molecule has 0 aliphatic carbocycles. The SMILES string of the molecule is CC(C)O.O=S(=O)(O)N(CCO)CCO. The maximum Gasteiger partial charge on any atom is 0.336 e. The normalized spacial score (nSPS) is 11.5. The third kappa shape index (κ3) is 13.8. The molecule has 0 aromatic rings. The molecule has 0 aliphatic heterocycles. The van der Waals surface area contributed by atoms with Crippen LogP contribution in [-0.4, -0.2) is 65.0 Å². The lowest BCUT2D eigenvalue weighted by molar-refractivity contribution is 0.208. The van der Waals surface area contributed by atoms with E-state index in [-0.39, 0.29) is 32.4 Å². The van der Waals surface area contributed by atoms with Crippen LogP contribution in [0.5, 0.6) is 0 Å². The summed E-state index contributed by atoms with van der Waals surface area (Å²) in [6.07, 6.45) is -0.167. The Labute approximate surface area is 89.8 Å². The van der Waals surface area contributed by atoms with Crippen LogP contribution in [0.2, 0.25) is 0 Å².